The molecule has 2 atom stereocenters. The third-order valence-corrected chi connectivity index (χ3v) is 5.19. The molecule has 2 unspecified atom stereocenters. The van der Waals surface area contributed by atoms with Crippen molar-refractivity contribution in [2.75, 3.05) is 7.11 Å². The fourth-order valence-electron chi connectivity index (χ4n) is 2.74. The summed E-state index contributed by atoms with van der Waals surface area (Å²) in [5.41, 5.74) is 2.01. The van der Waals surface area contributed by atoms with Crippen LogP contribution in [0, 0.1) is 0 Å². The summed E-state index contributed by atoms with van der Waals surface area (Å²) in [5.74, 6) is 0.634. The van der Waals surface area contributed by atoms with Gasteiger partial charge in [0.05, 0.1) is 19.8 Å². The molecule has 0 aliphatic carbocycles. The number of amides is 1. The van der Waals surface area contributed by atoms with E-state index in [-0.39, 0.29) is 11.9 Å². The second-order valence-corrected chi connectivity index (χ2v) is 7.15. The van der Waals surface area contributed by atoms with Crippen LogP contribution in [0.3, 0.4) is 0 Å². The first-order valence-corrected chi connectivity index (χ1v) is 9.68. The van der Waals surface area contributed by atoms with Gasteiger partial charge in [-0.05, 0) is 41.6 Å². The SMILES string of the molecule is COc1cccc(COC(C)C(=O)NC(c2ccccc2)c2cccs2)c1. The molecule has 0 spiro atoms. The standard InChI is InChI=1S/C22H23NO3S/c1-16(26-15-17-8-6-11-19(14-17)25-2)22(24)23-21(20-12-7-13-27-20)18-9-4-3-5-10-18/h3-14,16,21H,15H2,1-2H3,(H,23,24). The van der Waals surface area contributed by atoms with Gasteiger partial charge in [-0.15, -0.1) is 11.3 Å². The van der Waals surface area contributed by atoms with Crippen molar-refractivity contribution in [1.82, 2.24) is 5.32 Å². The van der Waals surface area contributed by atoms with Crippen LogP contribution in [0.4, 0.5) is 0 Å². The summed E-state index contributed by atoms with van der Waals surface area (Å²) >= 11 is 1.62. The fourth-order valence-corrected chi connectivity index (χ4v) is 3.54. The Kier molecular flexibility index (Phi) is 6.63. The number of rotatable bonds is 8. The summed E-state index contributed by atoms with van der Waals surface area (Å²) in [6.45, 7) is 2.12. The number of benzene rings is 2. The summed E-state index contributed by atoms with van der Waals surface area (Å²) in [5, 5.41) is 5.13. The van der Waals surface area contributed by atoms with Gasteiger partial charge in [-0.2, -0.15) is 0 Å². The molecule has 1 aromatic heterocycles. The van der Waals surface area contributed by atoms with E-state index in [9.17, 15) is 4.79 Å². The minimum absolute atomic E-state index is 0.139. The van der Waals surface area contributed by atoms with Gasteiger partial charge >= 0.3 is 0 Å². The highest BCUT2D eigenvalue weighted by molar-refractivity contribution is 7.10. The molecule has 1 heterocycles. The molecule has 27 heavy (non-hydrogen) atoms. The molecule has 140 valence electrons. The van der Waals surface area contributed by atoms with Crippen LogP contribution in [0.2, 0.25) is 0 Å². The molecule has 5 heteroatoms. The zero-order valence-corrected chi connectivity index (χ0v) is 16.2. The van der Waals surface area contributed by atoms with Crippen LogP contribution >= 0.6 is 11.3 Å². The lowest BCUT2D eigenvalue weighted by atomic mass is 10.1. The van der Waals surface area contributed by atoms with Crippen molar-refractivity contribution in [2.24, 2.45) is 0 Å². The Balaban J connectivity index is 1.64. The van der Waals surface area contributed by atoms with Crippen LogP contribution in [0.25, 0.3) is 0 Å². The van der Waals surface area contributed by atoms with Gasteiger partial charge in [0.1, 0.15) is 11.9 Å². The van der Waals surface area contributed by atoms with Crippen LogP contribution < -0.4 is 10.1 Å². The third kappa shape index (κ3) is 5.18. The topological polar surface area (TPSA) is 47.6 Å². The molecule has 0 aliphatic rings. The highest BCUT2D eigenvalue weighted by Crippen LogP contribution is 2.26. The maximum absolute atomic E-state index is 12.7. The third-order valence-electron chi connectivity index (χ3n) is 4.25. The van der Waals surface area contributed by atoms with Crippen molar-refractivity contribution in [2.45, 2.75) is 25.7 Å². The molecular formula is C22H23NO3S. The van der Waals surface area contributed by atoms with Crippen LogP contribution in [0.1, 0.15) is 29.0 Å². The molecule has 0 fully saturated rings. The predicted octanol–water partition coefficient (Wildman–Crippen LogP) is 4.57. The molecule has 1 amide bonds. The first kappa shape index (κ1) is 19.1. The first-order chi connectivity index (χ1) is 13.2. The molecule has 0 saturated heterocycles. The first-order valence-electron chi connectivity index (χ1n) is 8.80. The molecule has 3 aromatic rings. The van der Waals surface area contributed by atoms with Crippen molar-refractivity contribution < 1.29 is 14.3 Å². The van der Waals surface area contributed by atoms with Gasteiger partial charge in [0, 0.05) is 4.88 Å². The lowest BCUT2D eigenvalue weighted by Gasteiger charge is -2.21. The lowest BCUT2D eigenvalue weighted by molar-refractivity contribution is -0.133. The lowest BCUT2D eigenvalue weighted by Crippen LogP contribution is -2.37. The molecule has 0 radical (unpaired) electrons. The predicted molar refractivity (Wildman–Crippen MR) is 108 cm³/mol. The number of carbonyl (C=O) groups excluding carboxylic acids is 1. The van der Waals surface area contributed by atoms with Crippen LogP contribution in [0.5, 0.6) is 5.75 Å². The summed E-state index contributed by atoms with van der Waals surface area (Å²) in [6.07, 6.45) is -0.567. The molecule has 0 bridgehead atoms. The molecule has 2 aromatic carbocycles. The van der Waals surface area contributed by atoms with Crippen LogP contribution in [-0.4, -0.2) is 19.1 Å². The van der Waals surface area contributed by atoms with Crippen LogP contribution in [-0.2, 0) is 16.1 Å². The number of carbonyl (C=O) groups is 1. The van der Waals surface area contributed by atoms with E-state index in [0.29, 0.717) is 6.61 Å². The minimum atomic E-state index is -0.567. The largest absolute Gasteiger partial charge is 0.497 e. The average Bonchev–Trinajstić information content (AvgIpc) is 3.25. The van der Waals surface area contributed by atoms with Gasteiger partial charge in [0.2, 0.25) is 5.91 Å². The average molecular weight is 381 g/mol. The number of hydrogen-bond donors (Lipinski definition) is 1. The monoisotopic (exact) mass is 381 g/mol. The van der Waals surface area contributed by atoms with Crippen molar-refractivity contribution in [3.63, 3.8) is 0 Å². The van der Waals surface area contributed by atoms with E-state index >= 15 is 0 Å². The van der Waals surface area contributed by atoms with Crippen molar-refractivity contribution >= 4 is 17.2 Å². The van der Waals surface area contributed by atoms with Crippen molar-refractivity contribution in [3.05, 3.63) is 88.1 Å². The molecule has 1 N–H and O–H groups in total. The van der Waals surface area contributed by atoms with E-state index in [4.69, 9.17) is 9.47 Å². The molecule has 4 nitrogen and oxygen atoms in total. The van der Waals surface area contributed by atoms with Gasteiger partial charge in [0.15, 0.2) is 0 Å². The van der Waals surface area contributed by atoms with E-state index < -0.39 is 6.10 Å². The Morgan fingerprint density at radius 1 is 1.07 bits per heavy atom. The quantitative estimate of drug-likeness (QED) is 0.622. The minimum Gasteiger partial charge on any atom is -0.497 e. The molecular weight excluding hydrogens is 358 g/mol. The maximum Gasteiger partial charge on any atom is 0.249 e. The van der Waals surface area contributed by atoms with Gasteiger partial charge in [0.25, 0.3) is 0 Å². The Hall–Kier alpha value is -2.63. The zero-order valence-electron chi connectivity index (χ0n) is 15.4. The summed E-state index contributed by atoms with van der Waals surface area (Å²) in [4.78, 5) is 13.8. The van der Waals surface area contributed by atoms with E-state index in [1.54, 1.807) is 25.4 Å². The molecule has 0 saturated carbocycles. The number of ether oxygens (including phenoxy) is 2. The van der Waals surface area contributed by atoms with E-state index in [1.807, 2.05) is 72.1 Å². The van der Waals surface area contributed by atoms with Gasteiger partial charge in [-0.1, -0.05) is 48.5 Å². The highest BCUT2D eigenvalue weighted by Gasteiger charge is 2.21. The van der Waals surface area contributed by atoms with E-state index in [0.717, 1.165) is 21.8 Å². The summed E-state index contributed by atoms with van der Waals surface area (Å²) < 4.78 is 11.0. The number of hydrogen-bond acceptors (Lipinski definition) is 4. The Labute approximate surface area is 163 Å². The smallest absolute Gasteiger partial charge is 0.249 e. The van der Waals surface area contributed by atoms with Gasteiger partial charge in [-0.3, -0.25) is 4.79 Å². The Bertz CT molecular complexity index is 849. The molecule has 0 aliphatic heterocycles. The van der Waals surface area contributed by atoms with E-state index in [2.05, 4.69) is 5.32 Å². The number of thiophene rings is 1. The second kappa shape index (κ2) is 9.35. The Morgan fingerprint density at radius 2 is 1.89 bits per heavy atom. The van der Waals surface area contributed by atoms with E-state index in [1.165, 1.54) is 0 Å². The van der Waals surface area contributed by atoms with Crippen molar-refractivity contribution in [3.8, 4) is 5.75 Å². The highest BCUT2D eigenvalue weighted by atomic mass is 32.1. The van der Waals surface area contributed by atoms with Gasteiger partial charge in [-0.25, -0.2) is 0 Å². The van der Waals surface area contributed by atoms with Gasteiger partial charge < -0.3 is 14.8 Å². The van der Waals surface area contributed by atoms with Crippen molar-refractivity contribution in [1.29, 1.82) is 0 Å². The summed E-state index contributed by atoms with van der Waals surface area (Å²) in [7, 11) is 1.63. The molecule has 3 rings (SSSR count). The second-order valence-electron chi connectivity index (χ2n) is 6.17. The number of methoxy groups -OCH3 is 1. The summed E-state index contributed by atoms with van der Waals surface area (Å²) in [6, 6.07) is 21.5. The maximum atomic E-state index is 12.7. The number of nitrogens with one attached hydrogen (secondary N) is 1. The fraction of sp³-hybridized carbons (Fsp3) is 0.227. The van der Waals surface area contributed by atoms with Crippen LogP contribution in [0.15, 0.2) is 72.1 Å². The normalized spacial score (nSPS) is 13.0. The zero-order chi connectivity index (χ0) is 19.1. The Morgan fingerprint density at radius 3 is 2.59 bits per heavy atom.